The van der Waals surface area contributed by atoms with Crippen LogP contribution in [0.15, 0.2) is 59.1 Å². The molecule has 0 heterocycles. The van der Waals surface area contributed by atoms with Crippen LogP contribution in [0.5, 0.6) is 23.0 Å². The van der Waals surface area contributed by atoms with E-state index in [-0.39, 0.29) is 0 Å². The molecule has 3 aromatic rings. The summed E-state index contributed by atoms with van der Waals surface area (Å²) in [5.74, 6) is 2.05. The van der Waals surface area contributed by atoms with E-state index < -0.39 is 0 Å². The minimum atomic E-state index is 0.341. The van der Waals surface area contributed by atoms with Crippen molar-refractivity contribution in [1.29, 1.82) is 5.26 Å². The van der Waals surface area contributed by atoms with Gasteiger partial charge in [-0.1, -0.05) is 39.7 Å². The van der Waals surface area contributed by atoms with Crippen LogP contribution in [-0.4, -0.2) is 21.3 Å². The molecule has 5 nitrogen and oxygen atoms in total. The van der Waals surface area contributed by atoms with Crippen molar-refractivity contribution < 1.29 is 18.9 Å². The molecule has 0 fully saturated rings. The second-order valence-electron chi connectivity index (χ2n) is 6.69. The molecule has 0 amide bonds. The van der Waals surface area contributed by atoms with Crippen molar-refractivity contribution >= 4 is 39.2 Å². The molecule has 0 atom stereocenters. The molecule has 3 rings (SSSR count). The Hall–Kier alpha value is -3.14. The van der Waals surface area contributed by atoms with E-state index in [1.165, 1.54) is 0 Å². The van der Waals surface area contributed by atoms with Crippen molar-refractivity contribution in [2.45, 2.75) is 6.61 Å². The van der Waals surface area contributed by atoms with Crippen LogP contribution in [0.3, 0.4) is 0 Å². The molecule has 0 saturated heterocycles. The molecule has 0 aliphatic heterocycles. The van der Waals surface area contributed by atoms with Gasteiger partial charge in [0.05, 0.1) is 38.0 Å². The Morgan fingerprint density at radius 1 is 0.938 bits per heavy atom. The minimum absolute atomic E-state index is 0.341. The lowest BCUT2D eigenvalue weighted by molar-refractivity contribution is 0.284. The third kappa shape index (κ3) is 5.56. The van der Waals surface area contributed by atoms with E-state index in [1.807, 2.05) is 24.3 Å². The Morgan fingerprint density at radius 2 is 1.62 bits per heavy atom. The predicted molar refractivity (Wildman–Crippen MR) is 130 cm³/mol. The standard InChI is InChI=1S/C25H21BrClNO4/c1-29-22-9-6-18(13-23(22)30-2)19(14-28)10-17-11-21(27)25(24(12-17)31-3)32-15-16-4-7-20(26)8-5-16/h4-13H,15H2,1-3H3/b19-10+. The van der Waals surface area contributed by atoms with Gasteiger partial charge < -0.3 is 18.9 Å². The topological polar surface area (TPSA) is 60.7 Å². The number of nitriles is 1. The van der Waals surface area contributed by atoms with E-state index in [9.17, 15) is 5.26 Å². The number of nitrogens with zero attached hydrogens (tertiary/aromatic N) is 1. The number of halogens is 2. The average Bonchev–Trinajstić information content (AvgIpc) is 2.82. The van der Waals surface area contributed by atoms with Gasteiger partial charge in [0.2, 0.25) is 0 Å². The van der Waals surface area contributed by atoms with E-state index in [2.05, 4.69) is 22.0 Å². The third-order valence-corrected chi connectivity index (χ3v) is 5.48. The molecular weight excluding hydrogens is 494 g/mol. The summed E-state index contributed by atoms with van der Waals surface area (Å²) in [5.41, 5.74) is 2.83. The largest absolute Gasteiger partial charge is 0.493 e. The van der Waals surface area contributed by atoms with Crippen molar-refractivity contribution in [1.82, 2.24) is 0 Å². The van der Waals surface area contributed by atoms with Crippen molar-refractivity contribution in [3.8, 4) is 29.1 Å². The molecule has 0 aliphatic rings. The molecule has 0 radical (unpaired) electrons. The highest BCUT2D eigenvalue weighted by Crippen LogP contribution is 2.38. The Balaban J connectivity index is 1.90. The van der Waals surface area contributed by atoms with Gasteiger partial charge in [0.1, 0.15) is 6.61 Å². The molecule has 164 valence electrons. The quantitative estimate of drug-likeness (QED) is 0.245. The molecule has 3 aromatic carbocycles. The number of hydrogen-bond acceptors (Lipinski definition) is 5. The summed E-state index contributed by atoms with van der Waals surface area (Å²) < 4.78 is 23.0. The fourth-order valence-corrected chi connectivity index (χ4v) is 3.59. The summed E-state index contributed by atoms with van der Waals surface area (Å²) in [6.45, 7) is 0.341. The minimum Gasteiger partial charge on any atom is -0.493 e. The van der Waals surface area contributed by atoms with Gasteiger partial charge in [-0.05, 0) is 65.2 Å². The molecule has 0 spiro atoms. The summed E-state index contributed by atoms with van der Waals surface area (Å²) in [5, 5.41) is 10.1. The van der Waals surface area contributed by atoms with Gasteiger partial charge >= 0.3 is 0 Å². The maximum Gasteiger partial charge on any atom is 0.180 e. The Labute approximate surface area is 200 Å². The number of hydrogen-bond donors (Lipinski definition) is 0. The molecule has 32 heavy (non-hydrogen) atoms. The van der Waals surface area contributed by atoms with Crippen LogP contribution in [0.25, 0.3) is 11.6 Å². The zero-order valence-corrected chi connectivity index (χ0v) is 20.2. The highest BCUT2D eigenvalue weighted by Gasteiger charge is 2.14. The third-order valence-electron chi connectivity index (χ3n) is 4.67. The monoisotopic (exact) mass is 513 g/mol. The first-order valence-electron chi connectivity index (χ1n) is 9.58. The van der Waals surface area contributed by atoms with E-state index in [0.717, 1.165) is 10.0 Å². The summed E-state index contributed by atoms with van der Waals surface area (Å²) in [6, 6.07) is 18.9. The molecule has 0 N–H and O–H groups in total. The van der Waals surface area contributed by atoms with Crippen LogP contribution in [-0.2, 0) is 6.61 Å². The normalized spacial score (nSPS) is 10.9. The number of ether oxygens (including phenoxy) is 4. The molecular formula is C25H21BrClNO4. The maximum atomic E-state index is 9.73. The van der Waals surface area contributed by atoms with Gasteiger partial charge in [-0.2, -0.15) is 5.26 Å². The van der Waals surface area contributed by atoms with Crippen molar-refractivity contribution in [2.75, 3.05) is 21.3 Å². The zero-order chi connectivity index (χ0) is 23.1. The van der Waals surface area contributed by atoms with E-state index in [1.54, 1.807) is 57.7 Å². The second-order valence-corrected chi connectivity index (χ2v) is 8.01. The molecule has 0 unspecified atom stereocenters. The van der Waals surface area contributed by atoms with Crippen LogP contribution in [0.2, 0.25) is 5.02 Å². The highest BCUT2D eigenvalue weighted by molar-refractivity contribution is 9.10. The van der Waals surface area contributed by atoms with E-state index >= 15 is 0 Å². The van der Waals surface area contributed by atoms with Crippen molar-refractivity contribution in [3.05, 3.63) is 80.8 Å². The summed E-state index contributed by atoms with van der Waals surface area (Å²) >= 11 is 9.92. The predicted octanol–water partition coefficient (Wildman–Crippen LogP) is 6.77. The lowest BCUT2D eigenvalue weighted by Gasteiger charge is -2.14. The van der Waals surface area contributed by atoms with Crippen LogP contribution in [0, 0.1) is 11.3 Å². The summed E-state index contributed by atoms with van der Waals surface area (Å²) in [6.07, 6.45) is 1.73. The first kappa shape index (κ1) is 23.5. The van der Waals surface area contributed by atoms with Crippen molar-refractivity contribution in [3.63, 3.8) is 0 Å². The van der Waals surface area contributed by atoms with Crippen LogP contribution in [0.4, 0.5) is 0 Å². The lowest BCUT2D eigenvalue weighted by Crippen LogP contribution is -1.99. The first-order valence-corrected chi connectivity index (χ1v) is 10.7. The van der Waals surface area contributed by atoms with Crippen LogP contribution < -0.4 is 18.9 Å². The Morgan fingerprint density at radius 3 is 2.25 bits per heavy atom. The number of benzene rings is 3. The SMILES string of the molecule is COc1ccc(/C(C#N)=C/c2cc(Cl)c(OCc3ccc(Br)cc3)c(OC)c2)cc1OC. The van der Waals surface area contributed by atoms with Crippen LogP contribution in [0.1, 0.15) is 16.7 Å². The number of methoxy groups -OCH3 is 3. The average molecular weight is 515 g/mol. The number of rotatable bonds is 8. The number of allylic oxidation sites excluding steroid dienone is 1. The fourth-order valence-electron chi connectivity index (χ4n) is 3.05. The molecule has 0 aliphatic carbocycles. The van der Waals surface area contributed by atoms with E-state index in [4.69, 9.17) is 30.5 Å². The Kier molecular flexibility index (Phi) is 8.04. The summed E-state index contributed by atoms with van der Waals surface area (Å²) in [4.78, 5) is 0. The first-order chi connectivity index (χ1) is 15.5. The molecule has 0 bridgehead atoms. The fraction of sp³-hybridized carbons (Fsp3) is 0.160. The van der Waals surface area contributed by atoms with Gasteiger partial charge in [-0.25, -0.2) is 0 Å². The highest BCUT2D eigenvalue weighted by atomic mass is 79.9. The van der Waals surface area contributed by atoms with Gasteiger partial charge in [-0.15, -0.1) is 0 Å². The van der Waals surface area contributed by atoms with Gasteiger partial charge in [0.15, 0.2) is 23.0 Å². The van der Waals surface area contributed by atoms with E-state index in [0.29, 0.717) is 51.3 Å². The van der Waals surface area contributed by atoms with Gasteiger partial charge in [-0.3, -0.25) is 0 Å². The molecule has 7 heteroatoms. The van der Waals surface area contributed by atoms with Gasteiger partial charge in [0, 0.05) is 4.47 Å². The smallest absolute Gasteiger partial charge is 0.180 e. The second kappa shape index (κ2) is 10.9. The summed E-state index contributed by atoms with van der Waals surface area (Å²) in [7, 11) is 4.66. The molecule has 0 saturated carbocycles. The molecule has 0 aromatic heterocycles. The zero-order valence-electron chi connectivity index (χ0n) is 17.8. The van der Waals surface area contributed by atoms with Gasteiger partial charge in [0.25, 0.3) is 0 Å². The lowest BCUT2D eigenvalue weighted by atomic mass is 10.0. The van der Waals surface area contributed by atoms with Crippen LogP contribution >= 0.6 is 27.5 Å². The maximum absolute atomic E-state index is 9.73. The Bertz CT molecular complexity index is 1170. The van der Waals surface area contributed by atoms with Crippen molar-refractivity contribution in [2.24, 2.45) is 0 Å².